The zero-order valence-corrected chi connectivity index (χ0v) is 14.3. The number of carbonyl (C=O) groups excluding carboxylic acids is 1. The van der Waals surface area contributed by atoms with Gasteiger partial charge in [-0.05, 0) is 32.0 Å². The van der Waals surface area contributed by atoms with Crippen molar-refractivity contribution in [3.63, 3.8) is 0 Å². The van der Waals surface area contributed by atoms with E-state index in [1.54, 1.807) is 36.5 Å². The molecule has 1 aromatic heterocycles. The predicted molar refractivity (Wildman–Crippen MR) is 97.3 cm³/mol. The molecular weight excluding hydrogens is 320 g/mol. The third-order valence-corrected chi connectivity index (χ3v) is 4.66. The summed E-state index contributed by atoms with van der Waals surface area (Å²) in [6, 6.07) is 14.6. The van der Waals surface area contributed by atoms with E-state index < -0.39 is 6.10 Å². The minimum atomic E-state index is -0.647. The summed E-state index contributed by atoms with van der Waals surface area (Å²) < 4.78 is 0. The van der Waals surface area contributed by atoms with Gasteiger partial charge in [0, 0.05) is 33.5 Å². The van der Waals surface area contributed by atoms with Crippen molar-refractivity contribution in [3.05, 3.63) is 70.7 Å². The van der Waals surface area contributed by atoms with E-state index in [2.05, 4.69) is 10.3 Å². The van der Waals surface area contributed by atoms with Gasteiger partial charge in [-0.15, -0.1) is 11.3 Å². The van der Waals surface area contributed by atoms with E-state index in [0.29, 0.717) is 16.8 Å². The number of amides is 1. The van der Waals surface area contributed by atoms with Gasteiger partial charge in [-0.1, -0.05) is 30.3 Å². The third kappa shape index (κ3) is 3.53. The molecule has 122 valence electrons. The summed E-state index contributed by atoms with van der Waals surface area (Å²) in [5, 5.41) is 15.6. The van der Waals surface area contributed by atoms with Gasteiger partial charge in [0.1, 0.15) is 5.01 Å². The van der Waals surface area contributed by atoms with Gasteiger partial charge in [-0.3, -0.25) is 4.79 Å². The van der Waals surface area contributed by atoms with Crippen molar-refractivity contribution in [1.29, 1.82) is 0 Å². The summed E-state index contributed by atoms with van der Waals surface area (Å²) in [7, 11) is 0. The Hall–Kier alpha value is -2.50. The molecule has 0 aliphatic heterocycles. The van der Waals surface area contributed by atoms with Crippen LogP contribution in [0.2, 0.25) is 0 Å². The van der Waals surface area contributed by atoms with Crippen LogP contribution in [0.1, 0.15) is 34.6 Å². The van der Waals surface area contributed by atoms with Crippen LogP contribution in [0.3, 0.4) is 0 Å². The topological polar surface area (TPSA) is 62.2 Å². The number of aromatic nitrogens is 1. The van der Waals surface area contributed by atoms with Crippen molar-refractivity contribution in [2.75, 3.05) is 5.32 Å². The van der Waals surface area contributed by atoms with Gasteiger partial charge in [-0.2, -0.15) is 0 Å². The molecule has 0 aliphatic carbocycles. The molecule has 2 N–H and O–H groups in total. The first kappa shape index (κ1) is 16.4. The Bertz CT molecular complexity index is 871. The van der Waals surface area contributed by atoms with Crippen LogP contribution >= 0.6 is 11.3 Å². The van der Waals surface area contributed by atoms with Gasteiger partial charge in [-0.25, -0.2) is 4.98 Å². The summed E-state index contributed by atoms with van der Waals surface area (Å²) >= 11 is 1.56. The maximum absolute atomic E-state index is 12.6. The zero-order chi connectivity index (χ0) is 17.1. The van der Waals surface area contributed by atoms with Gasteiger partial charge >= 0.3 is 0 Å². The highest BCUT2D eigenvalue weighted by molar-refractivity contribution is 7.13. The zero-order valence-electron chi connectivity index (χ0n) is 13.5. The fraction of sp³-hybridized carbons (Fsp3) is 0.158. The summed E-state index contributed by atoms with van der Waals surface area (Å²) in [6.07, 6.45) is -0.647. The molecule has 1 amide bonds. The van der Waals surface area contributed by atoms with Crippen LogP contribution in [0.4, 0.5) is 5.69 Å². The number of nitrogens with zero attached hydrogens (tertiary/aromatic N) is 1. The van der Waals surface area contributed by atoms with E-state index >= 15 is 0 Å². The second kappa shape index (κ2) is 6.95. The first-order valence-electron chi connectivity index (χ1n) is 7.65. The number of para-hydroxylation sites is 1. The lowest BCUT2D eigenvalue weighted by molar-refractivity contribution is 0.102. The SMILES string of the molecule is Cc1csc(-c2cccc(C(=O)Nc3ccccc3C(C)O)c2)n1. The second-order valence-corrected chi connectivity index (χ2v) is 6.45. The van der Waals surface area contributed by atoms with E-state index in [4.69, 9.17) is 0 Å². The van der Waals surface area contributed by atoms with Crippen LogP contribution in [0.25, 0.3) is 10.6 Å². The van der Waals surface area contributed by atoms with Crippen LogP contribution in [-0.4, -0.2) is 16.0 Å². The molecule has 24 heavy (non-hydrogen) atoms. The Morgan fingerprint density at radius 2 is 2.00 bits per heavy atom. The average Bonchev–Trinajstić information content (AvgIpc) is 3.02. The standard InChI is InChI=1S/C19H18N2O2S/c1-12-11-24-19(20-12)15-7-5-6-14(10-15)18(23)21-17-9-4-3-8-16(17)13(2)22/h3-11,13,22H,1-2H3,(H,21,23). The van der Waals surface area contributed by atoms with Crippen molar-refractivity contribution < 1.29 is 9.90 Å². The number of nitrogens with one attached hydrogen (secondary N) is 1. The molecule has 0 radical (unpaired) electrons. The lowest BCUT2D eigenvalue weighted by atomic mass is 10.1. The monoisotopic (exact) mass is 338 g/mol. The number of aliphatic hydroxyl groups excluding tert-OH is 1. The molecule has 0 aliphatic rings. The number of aryl methyl sites for hydroxylation is 1. The normalized spacial score (nSPS) is 12.0. The van der Waals surface area contributed by atoms with Crippen LogP contribution in [0, 0.1) is 6.92 Å². The van der Waals surface area contributed by atoms with Gasteiger partial charge in [0.05, 0.1) is 6.10 Å². The molecule has 5 heteroatoms. The van der Waals surface area contributed by atoms with Crippen LogP contribution < -0.4 is 5.32 Å². The first-order valence-corrected chi connectivity index (χ1v) is 8.53. The van der Waals surface area contributed by atoms with E-state index in [1.807, 2.05) is 42.6 Å². The Morgan fingerprint density at radius 3 is 2.71 bits per heavy atom. The van der Waals surface area contributed by atoms with Gasteiger partial charge in [0.25, 0.3) is 5.91 Å². The van der Waals surface area contributed by atoms with E-state index in [1.165, 1.54) is 0 Å². The predicted octanol–water partition coefficient (Wildman–Crippen LogP) is 4.42. The molecule has 3 rings (SSSR count). The number of hydrogen-bond acceptors (Lipinski definition) is 4. The minimum absolute atomic E-state index is 0.210. The van der Waals surface area contributed by atoms with Crippen molar-refractivity contribution in [1.82, 2.24) is 4.98 Å². The van der Waals surface area contributed by atoms with Crippen LogP contribution in [-0.2, 0) is 0 Å². The molecule has 3 aromatic rings. The van der Waals surface area contributed by atoms with Crippen molar-refractivity contribution in [2.45, 2.75) is 20.0 Å². The Morgan fingerprint density at radius 1 is 1.21 bits per heavy atom. The van der Waals surface area contributed by atoms with Gasteiger partial charge in [0.2, 0.25) is 0 Å². The average molecular weight is 338 g/mol. The van der Waals surface area contributed by atoms with Crippen LogP contribution in [0.5, 0.6) is 0 Å². The van der Waals surface area contributed by atoms with Crippen LogP contribution in [0.15, 0.2) is 53.9 Å². The minimum Gasteiger partial charge on any atom is -0.389 e. The van der Waals surface area contributed by atoms with Gasteiger partial charge in [0.15, 0.2) is 0 Å². The summed E-state index contributed by atoms with van der Waals surface area (Å²) in [5.74, 6) is -0.210. The molecule has 1 heterocycles. The maximum Gasteiger partial charge on any atom is 0.255 e. The molecule has 0 saturated heterocycles. The molecule has 0 bridgehead atoms. The quantitative estimate of drug-likeness (QED) is 0.740. The summed E-state index contributed by atoms with van der Waals surface area (Å²) in [4.78, 5) is 17.0. The number of thiazole rings is 1. The molecule has 0 spiro atoms. The maximum atomic E-state index is 12.6. The van der Waals surface area contributed by atoms with Crippen molar-refractivity contribution in [3.8, 4) is 10.6 Å². The number of aliphatic hydroxyl groups is 1. The molecule has 0 saturated carbocycles. The highest BCUT2D eigenvalue weighted by atomic mass is 32.1. The Kier molecular flexibility index (Phi) is 4.74. The Balaban J connectivity index is 1.86. The van der Waals surface area contributed by atoms with E-state index in [-0.39, 0.29) is 5.91 Å². The highest BCUT2D eigenvalue weighted by Crippen LogP contribution is 2.26. The van der Waals surface area contributed by atoms with Crippen molar-refractivity contribution in [2.24, 2.45) is 0 Å². The molecular formula is C19H18N2O2S. The third-order valence-electron chi connectivity index (χ3n) is 3.65. The van der Waals surface area contributed by atoms with Crippen molar-refractivity contribution >= 4 is 22.9 Å². The number of rotatable bonds is 4. The van der Waals surface area contributed by atoms with E-state index in [9.17, 15) is 9.90 Å². The lowest BCUT2D eigenvalue weighted by Crippen LogP contribution is -2.14. The molecule has 1 unspecified atom stereocenters. The summed E-state index contributed by atoms with van der Waals surface area (Å²) in [5.41, 5.74) is 3.76. The first-order chi connectivity index (χ1) is 11.5. The smallest absolute Gasteiger partial charge is 0.255 e. The molecule has 0 fully saturated rings. The van der Waals surface area contributed by atoms with E-state index in [0.717, 1.165) is 16.3 Å². The largest absolute Gasteiger partial charge is 0.389 e. The number of anilines is 1. The lowest BCUT2D eigenvalue weighted by Gasteiger charge is -2.13. The number of hydrogen-bond donors (Lipinski definition) is 2. The summed E-state index contributed by atoms with van der Waals surface area (Å²) in [6.45, 7) is 3.62. The Labute approximate surface area is 144 Å². The molecule has 4 nitrogen and oxygen atoms in total. The number of carbonyl (C=O) groups is 1. The van der Waals surface area contributed by atoms with Gasteiger partial charge < -0.3 is 10.4 Å². The fourth-order valence-electron chi connectivity index (χ4n) is 2.45. The molecule has 2 aromatic carbocycles. The fourth-order valence-corrected chi connectivity index (χ4v) is 3.24. The molecule has 1 atom stereocenters. The highest BCUT2D eigenvalue weighted by Gasteiger charge is 2.13. The number of benzene rings is 2. The second-order valence-electron chi connectivity index (χ2n) is 5.59.